The quantitative estimate of drug-likeness (QED) is 0.253. The zero-order valence-electron chi connectivity index (χ0n) is 31.9. The van der Waals surface area contributed by atoms with Gasteiger partial charge in [0.05, 0.1) is 31.3 Å². The van der Waals surface area contributed by atoms with Gasteiger partial charge < -0.3 is 23.8 Å². The van der Waals surface area contributed by atoms with Crippen LogP contribution in [0.15, 0.2) is 59.1 Å². The summed E-state index contributed by atoms with van der Waals surface area (Å²) in [5.41, 5.74) is 3.08. The van der Waals surface area contributed by atoms with Crippen LogP contribution in [0.5, 0.6) is 11.6 Å². The molecular weight excluding hydrogens is 758 g/mol. The van der Waals surface area contributed by atoms with Crippen LogP contribution >= 0.6 is 11.6 Å². The van der Waals surface area contributed by atoms with E-state index in [2.05, 4.69) is 31.2 Å². The molecule has 1 unspecified atom stereocenters. The highest BCUT2D eigenvalue weighted by atomic mass is 35.5. The number of rotatable bonds is 3. The lowest BCUT2D eigenvalue weighted by Crippen LogP contribution is -2.50. The third kappa shape index (κ3) is 7.67. The molecule has 7 atom stereocenters. The molecule has 3 aromatic rings. The lowest BCUT2D eigenvalue weighted by Gasteiger charge is -2.46. The van der Waals surface area contributed by atoms with E-state index in [9.17, 15) is 18.6 Å². The number of methoxy groups -OCH3 is 1. The average Bonchev–Trinajstić information content (AvgIpc) is 3.47. The molecule has 5 aliphatic rings. The summed E-state index contributed by atoms with van der Waals surface area (Å²) in [6.07, 6.45) is 9.50. The number of amides is 2. The molecular formula is C41H48ClN5O8S. The van der Waals surface area contributed by atoms with Gasteiger partial charge in [-0.2, -0.15) is 0 Å². The van der Waals surface area contributed by atoms with Crippen LogP contribution in [0.4, 0.5) is 5.69 Å². The van der Waals surface area contributed by atoms with Gasteiger partial charge in [-0.15, -0.1) is 9.46 Å². The first-order valence-electron chi connectivity index (χ1n) is 19.4. The van der Waals surface area contributed by atoms with E-state index in [1.807, 2.05) is 25.1 Å². The summed E-state index contributed by atoms with van der Waals surface area (Å²) in [5, 5.41) is 4.86. The lowest BCUT2D eigenvalue weighted by atomic mass is 9.68. The predicted octanol–water partition coefficient (Wildman–Crippen LogP) is 5.83. The van der Waals surface area contributed by atoms with Gasteiger partial charge in [0.2, 0.25) is 5.88 Å². The fraction of sp³-hybridized carbons (Fsp3) is 0.512. The smallest absolute Gasteiger partial charge is 0.306 e. The number of nitrogens with zero attached hydrogens (tertiary/aromatic N) is 4. The van der Waals surface area contributed by atoms with Crippen molar-refractivity contribution >= 4 is 45.0 Å². The molecule has 4 bridgehead atoms. The minimum absolute atomic E-state index is 0.0429. The number of hydrogen-bond acceptors (Lipinski definition) is 10. The maximum atomic E-state index is 14.9. The van der Waals surface area contributed by atoms with E-state index in [1.54, 1.807) is 25.2 Å². The van der Waals surface area contributed by atoms with Gasteiger partial charge >= 0.3 is 5.97 Å². The van der Waals surface area contributed by atoms with E-state index in [4.69, 9.17) is 30.5 Å². The van der Waals surface area contributed by atoms with Crippen LogP contribution in [-0.4, -0.2) is 83.1 Å². The van der Waals surface area contributed by atoms with Crippen LogP contribution in [0, 0.1) is 17.8 Å². The SMILES string of the molecule is COc1nn(C)cc1C(=O)NS1(=O)=NC(=O)c2ccc3c(c2)N(C[C@@H]2CC[C@H]2[C@@H]2/C=C/[C@H](OCCCC(=O)O2)[C@H](C)C1)C[C@@]1(CCCc2cc(Cl)ccc21)CO3. The number of aromatic nitrogens is 2. The Morgan fingerprint density at radius 2 is 1.93 bits per heavy atom. The van der Waals surface area contributed by atoms with Crippen molar-refractivity contribution in [2.75, 3.05) is 44.1 Å². The highest BCUT2D eigenvalue weighted by molar-refractivity contribution is 7.92. The number of esters is 1. The normalized spacial score (nSPS) is 31.0. The second-order valence-corrected chi connectivity index (χ2v) is 18.3. The lowest BCUT2D eigenvalue weighted by molar-refractivity contribution is -0.152. The molecule has 2 amide bonds. The Labute approximate surface area is 332 Å². The van der Waals surface area contributed by atoms with Gasteiger partial charge in [0.25, 0.3) is 11.8 Å². The summed E-state index contributed by atoms with van der Waals surface area (Å²) >= 11 is 6.48. The van der Waals surface area contributed by atoms with E-state index >= 15 is 0 Å². The second-order valence-electron chi connectivity index (χ2n) is 15.9. The van der Waals surface area contributed by atoms with Crippen LogP contribution < -0.4 is 19.1 Å². The van der Waals surface area contributed by atoms with E-state index in [1.165, 1.54) is 29.1 Å². The standard InChI is InChI=1S/C41H48ClN5O8S/c1-25-22-56(51,45-39(50)31-21-46(2)43-40(31)52-3)44-38(49)27-9-13-36-33(19-27)47(23-41(24-54-36)16-4-6-26-18-29(42)10-12-32(26)41)20-28-8-11-30(28)35-15-14-34(25)53-17-5-7-37(48)55-35/h9-10,12-15,18-19,21,25,28,30,34-35H,4-8,11,16-17,20,22-24H2,1-3H3,(H,44,45,49,50,51)/b15-14+/t25-,28+,30-,34+,35+,41+,56?/m1/s1. The molecule has 1 fully saturated rings. The number of benzene rings is 2. The maximum Gasteiger partial charge on any atom is 0.306 e. The molecule has 2 aromatic carbocycles. The predicted molar refractivity (Wildman–Crippen MR) is 211 cm³/mol. The molecule has 56 heavy (non-hydrogen) atoms. The minimum atomic E-state index is -3.78. The first-order chi connectivity index (χ1) is 26.9. The van der Waals surface area contributed by atoms with Gasteiger partial charge in [-0.05, 0) is 92.0 Å². The van der Waals surface area contributed by atoms with Crippen LogP contribution in [0.2, 0.25) is 5.02 Å². The van der Waals surface area contributed by atoms with Crippen molar-refractivity contribution < 1.29 is 37.5 Å². The summed E-state index contributed by atoms with van der Waals surface area (Å²) in [4.78, 5) is 43.3. The monoisotopic (exact) mass is 805 g/mol. The molecule has 4 heterocycles. The number of nitrogens with one attached hydrogen (secondary N) is 1. The Balaban J connectivity index is 1.24. The molecule has 15 heteroatoms. The summed E-state index contributed by atoms with van der Waals surface area (Å²) < 4.78 is 47.7. The first kappa shape index (κ1) is 38.5. The number of aryl methyl sites for hydroxylation is 2. The summed E-state index contributed by atoms with van der Waals surface area (Å²) in [6, 6.07) is 11.3. The van der Waals surface area contributed by atoms with E-state index in [-0.39, 0.29) is 59.0 Å². The van der Waals surface area contributed by atoms with Crippen molar-refractivity contribution in [2.45, 2.75) is 69.5 Å². The highest BCUT2D eigenvalue weighted by Gasteiger charge is 2.45. The van der Waals surface area contributed by atoms with Crippen molar-refractivity contribution in [1.29, 1.82) is 0 Å². The third-order valence-corrected chi connectivity index (χ3v) is 14.2. The second kappa shape index (κ2) is 15.5. The molecule has 8 rings (SSSR count). The summed E-state index contributed by atoms with van der Waals surface area (Å²) in [7, 11) is -0.759. The molecule has 1 spiro atoms. The molecule has 0 saturated heterocycles. The van der Waals surface area contributed by atoms with Crippen LogP contribution in [-0.2, 0) is 43.1 Å². The minimum Gasteiger partial charge on any atom is -0.490 e. The zero-order valence-corrected chi connectivity index (χ0v) is 33.5. The Morgan fingerprint density at radius 1 is 1.09 bits per heavy atom. The number of carbonyl (C=O) groups is 3. The topological polar surface area (TPSA) is 151 Å². The van der Waals surface area contributed by atoms with Crippen molar-refractivity contribution in [3.8, 4) is 11.6 Å². The fourth-order valence-corrected chi connectivity index (χ4v) is 11.1. The highest BCUT2D eigenvalue weighted by Crippen LogP contribution is 2.47. The number of anilines is 1. The number of fused-ring (bicyclic) bond motifs is 7. The zero-order chi connectivity index (χ0) is 39.2. The van der Waals surface area contributed by atoms with Crippen molar-refractivity contribution in [3.63, 3.8) is 0 Å². The largest absolute Gasteiger partial charge is 0.490 e. The van der Waals surface area contributed by atoms with Gasteiger partial charge in [0.1, 0.15) is 27.3 Å². The molecule has 0 radical (unpaired) electrons. The number of ether oxygens (including phenoxy) is 4. The first-order valence-corrected chi connectivity index (χ1v) is 21.5. The number of hydrogen-bond donors (Lipinski definition) is 1. The van der Waals surface area contributed by atoms with Gasteiger partial charge in [0, 0.05) is 67.2 Å². The molecule has 1 aromatic heterocycles. The Hall–Kier alpha value is -4.40. The van der Waals surface area contributed by atoms with Crippen LogP contribution in [0.25, 0.3) is 0 Å². The molecule has 298 valence electrons. The Morgan fingerprint density at radius 3 is 2.73 bits per heavy atom. The van der Waals surface area contributed by atoms with E-state index in [0.29, 0.717) is 36.9 Å². The number of carbonyl (C=O) groups excluding carboxylic acids is 3. The maximum absolute atomic E-state index is 14.9. The van der Waals surface area contributed by atoms with Gasteiger partial charge in [-0.25, -0.2) is 4.21 Å². The molecule has 3 aliphatic heterocycles. The van der Waals surface area contributed by atoms with Crippen molar-refractivity contribution in [2.24, 2.45) is 29.2 Å². The fourth-order valence-electron chi connectivity index (χ4n) is 9.04. The van der Waals surface area contributed by atoms with Gasteiger partial charge in [-0.3, -0.25) is 23.8 Å². The van der Waals surface area contributed by atoms with Crippen LogP contribution in [0.3, 0.4) is 0 Å². The number of halogens is 1. The molecule has 1 saturated carbocycles. The van der Waals surface area contributed by atoms with Gasteiger partial charge in [-0.1, -0.05) is 30.7 Å². The average molecular weight is 806 g/mol. The van der Waals surface area contributed by atoms with Crippen molar-refractivity contribution in [3.05, 3.63) is 82.0 Å². The summed E-state index contributed by atoms with van der Waals surface area (Å²) in [5.74, 6) is -1.52. The Bertz CT molecular complexity index is 2200. The molecule has 13 nitrogen and oxygen atoms in total. The van der Waals surface area contributed by atoms with E-state index in [0.717, 1.165) is 37.8 Å². The van der Waals surface area contributed by atoms with Crippen LogP contribution in [0.1, 0.15) is 77.3 Å². The molecule has 1 N–H and O–H groups in total. The molecule has 2 aliphatic carbocycles. The van der Waals surface area contributed by atoms with Crippen molar-refractivity contribution in [1.82, 2.24) is 14.5 Å². The Kier molecular flexibility index (Phi) is 10.7. The van der Waals surface area contributed by atoms with E-state index < -0.39 is 39.9 Å². The summed E-state index contributed by atoms with van der Waals surface area (Å²) in [6.45, 7) is 3.82. The van der Waals surface area contributed by atoms with Gasteiger partial charge in [0.15, 0.2) is 0 Å². The third-order valence-electron chi connectivity index (χ3n) is 12.0.